The van der Waals surface area contributed by atoms with E-state index in [1.165, 1.54) is 10.5 Å². The van der Waals surface area contributed by atoms with E-state index in [-0.39, 0.29) is 0 Å². The minimum atomic E-state index is 0.665. The SMILES string of the molecule is C=CCO[SiH2]. The van der Waals surface area contributed by atoms with E-state index in [9.17, 15) is 0 Å². The third-order valence-electron chi connectivity index (χ3n) is 0.236. The second-order valence-electron chi connectivity index (χ2n) is 0.659. The van der Waals surface area contributed by atoms with Crippen LogP contribution in [-0.2, 0) is 4.43 Å². The van der Waals surface area contributed by atoms with Crippen molar-refractivity contribution in [1.82, 2.24) is 0 Å². The summed E-state index contributed by atoms with van der Waals surface area (Å²) in [5, 5.41) is 0. The molecule has 0 saturated heterocycles. The molecule has 0 saturated carbocycles. The molecule has 5 heavy (non-hydrogen) atoms. The van der Waals surface area contributed by atoms with E-state index in [0.717, 1.165) is 0 Å². The zero-order valence-electron chi connectivity index (χ0n) is 3.11. The second kappa shape index (κ2) is 3.92. The molecule has 0 unspecified atom stereocenters. The fourth-order valence-corrected chi connectivity index (χ4v) is 0.250. The maximum atomic E-state index is 4.60. The molecule has 2 heteroatoms. The van der Waals surface area contributed by atoms with E-state index >= 15 is 0 Å². The Morgan fingerprint density at radius 1 is 2.00 bits per heavy atom. The van der Waals surface area contributed by atoms with Gasteiger partial charge in [0.2, 0.25) is 0 Å². The Labute approximate surface area is 35.2 Å². The van der Waals surface area contributed by atoms with Crippen molar-refractivity contribution in [2.45, 2.75) is 0 Å². The third-order valence-corrected chi connectivity index (χ3v) is 0.471. The quantitative estimate of drug-likeness (QED) is 0.333. The summed E-state index contributed by atoms with van der Waals surface area (Å²) in [6.45, 7) is 4.09. The predicted molar refractivity (Wildman–Crippen MR) is 24.7 cm³/mol. The molecule has 0 aromatic rings. The maximum Gasteiger partial charge on any atom is 0.175 e. The number of rotatable bonds is 2. The van der Waals surface area contributed by atoms with Crippen molar-refractivity contribution in [2.75, 3.05) is 6.61 Å². The summed E-state index contributed by atoms with van der Waals surface area (Å²) < 4.78 is 4.60. The van der Waals surface area contributed by atoms with Crippen molar-refractivity contribution in [3.8, 4) is 0 Å². The molecule has 0 fully saturated rings. The minimum absolute atomic E-state index is 0.665. The Kier molecular flexibility index (Phi) is 3.85. The van der Waals surface area contributed by atoms with Gasteiger partial charge in [0.15, 0.2) is 10.5 Å². The molecule has 0 aromatic carbocycles. The molecule has 0 aliphatic heterocycles. The average Bonchev–Trinajstić information content (AvgIpc) is 1.41. The van der Waals surface area contributed by atoms with Crippen LogP contribution in [-0.4, -0.2) is 17.1 Å². The molecule has 0 heterocycles. The van der Waals surface area contributed by atoms with Gasteiger partial charge in [-0.3, -0.25) is 0 Å². The molecule has 29 valence electrons. The largest absolute Gasteiger partial charge is 0.421 e. The summed E-state index contributed by atoms with van der Waals surface area (Å²) >= 11 is 0. The molecule has 0 amide bonds. The lowest BCUT2D eigenvalue weighted by Crippen LogP contribution is -1.79. The van der Waals surface area contributed by atoms with Gasteiger partial charge in [0.1, 0.15) is 0 Å². The summed E-state index contributed by atoms with van der Waals surface area (Å²) in [6.07, 6.45) is 1.72. The van der Waals surface area contributed by atoms with Gasteiger partial charge in [-0.1, -0.05) is 6.08 Å². The molecule has 0 spiro atoms. The molecule has 0 N–H and O–H groups in total. The van der Waals surface area contributed by atoms with Gasteiger partial charge in [0.05, 0.1) is 6.61 Å². The summed E-state index contributed by atoms with van der Waals surface area (Å²) in [5.74, 6) is 0. The zero-order valence-corrected chi connectivity index (χ0v) is 4.52. The van der Waals surface area contributed by atoms with Crippen LogP contribution in [0.3, 0.4) is 0 Å². The highest BCUT2D eigenvalue weighted by molar-refractivity contribution is 5.98. The normalized spacial score (nSPS) is 7.40. The summed E-state index contributed by atoms with van der Waals surface area (Å²) in [4.78, 5) is 0. The monoisotopic (exact) mass is 87.0 g/mol. The lowest BCUT2D eigenvalue weighted by Gasteiger charge is -1.80. The molecular weight excluding hydrogens is 80.1 g/mol. The van der Waals surface area contributed by atoms with Gasteiger partial charge in [-0.05, 0) is 0 Å². The zero-order chi connectivity index (χ0) is 4.12. The Bertz CT molecular complexity index is 28.1. The third kappa shape index (κ3) is 3.92. The summed E-state index contributed by atoms with van der Waals surface area (Å²) in [7, 11) is 1.48. The van der Waals surface area contributed by atoms with E-state index < -0.39 is 0 Å². The molecule has 0 aliphatic carbocycles. The Hall–Kier alpha value is -0.0831. The molecule has 0 atom stereocenters. The van der Waals surface area contributed by atoms with Gasteiger partial charge in [0.25, 0.3) is 0 Å². The lowest BCUT2D eigenvalue weighted by atomic mass is 10.7. The van der Waals surface area contributed by atoms with Crippen molar-refractivity contribution in [1.29, 1.82) is 0 Å². The van der Waals surface area contributed by atoms with Gasteiger partial charge in [-0.2, -0.15) is 0 Å². The highest BCUT2D eigenvalue weighted by atomic mass is 28.2. The first-order valence-electron chi connectivity index (χ1n) is 1.39. The van der Waals surface area contributed by atoms with Crippen LogP contribution < -0.4 is 0 Å². The highest BCUT2D eigenvalue weighted by Crippen LogP contribution is 1.59. The first-order valence-corrected chi connectivity index (χ1v) is 1.97. The van der Waals surface area contributed by atoms with Crippen molar-refractivity contribution in [3.05, 3.63) is 12.7 Å². The topological polar surface area (TPSA) is 9.23 Å². The van der Waals surface area contributed by atoms with Crippen molar-refractivity contribution < 1.29 is 4.43 Å². The van der Waals surface area contributed by atoms with Gasteiger partial charge in [-0.25, -0.2) is 0 Å². The Balaban J connectivity index is 2.40. The first-order chi connectivity index (χ1) is 2.41. The van der Waals surface area contributed by atoms with Crippen LogP contribution in [0.1, 0.15) is 0 Å². The summed E-state index contributed by atoms with van der Waals surface area (Å²) in [6, 6.07) is 0. The first kappa shape index (κ1) is 4.92. The average molecular weight is 87.2 g/mol. The number of hydrogen-bond acceptors (Lipinski definition) is 1. The van der Waals surface area contributed by atoms with E-state index in [4.69, 9.17) is 0 Å². The van der Waals surface area contributed by atoms with Crippen LogP contribution in [0.5, 0.6) is 0 Å². The molecule has 0 bridgehead atoms. The smallest absolute Gasteiger partial charge is 0.175 e. The van der Waals surface area contributed by atoms with Crippen LogP contribution in [0, 0.1) is 0 Å². The van der Waals surface area contributed by atoms with Crippen LogP contribution >= 0.6 is 0 Å². The molecule has 1 radical (unpaired) electrons. The molecule has 1 nitrogen and oxygen atoms in total. The van der Waals surface area contributed by atoms with E-state index in [1.807, 2.05) is 0 Å². The van der Waals surface area contributed by atoms with E-state index in [1.54, 1.807) is 6.08 Å². The van der Waals surface area contributed by atoms with Crippen LogP contribution in [0.2, 0.25) is 0 Å². The predicted octanol–water partition coefficient (Wildman–Crippen LogP) is -0.263. The maximum absolute atomic E-state index is 4.60. The van der Waals surface area contributed by atoms with Gasteiger partial charge < -0.3 is 4.43 Å². The van der Waals surface area contributed by atoms with Crippen molar-refractivity contribution in [3.63, 3.8) is 0 Å². The van der Waals surface area contributed by atoms with Gasteiger partial charge in [-0.15, -0.1) is 6.58 Å². The standard InChI is InChI=1S/C3H7OSi/c1-2-3-4-5/h2H,1,3,5H2. The highest BCUT2D eigenvalue weighted by Gasteiger charge is 1.58. The van der Waals surface area contributed by atoms with Crippen LogP contribution in [0.25, 0.3) is 0 Å². The second-order valence-corrected chi connectivity index (χ2v) is 1.07. The van der Waals surface area contributed by atoms with Crippen molar-refractivity contribution >= 4 is 10.5 Å². The fourth-order valence-electron chi connectivity index (χ4n) is 0.0833. The Morgan fingerprint density at radius 2 is 2.60 bits per heavy atom. The van der Waals surface area contributed by atoms with Gasteiger partial charge >= 0.3 is 0 Å². The Morgan fingerprint density at radius 3 is 2.60 bits per heavy atom. The fraction of sp³-hybridized carbons (Fsp3) is 0.333. The molecule has 0 rings (SSSR count). The van der Waals surface area contributed by atoms with Crippen molar-refractivity contribution in [2.24, 2.45) is 0 Å². The lowest BCUT2D eigenvalue weighted by molar-refractivity contribution is 0.402. The minimum Gasteiger partial charge on any atom is -0.421 e. The van der Waals surface area contributed by atoms with E-state index in [0.29, 0.717) is 6.61 Å². The van der Waals surface area contributed by atoms with Gasteiger partial charge in [0, 0.05) is 0 Å². The van der Waals surface area contributed by atoms with E-state index in [2.05, 4.69) is 11.0 Å². The van der Waals surface area contributed by atoms with Crippen LogP contribution in [0.15, 0.2) is 12.7 Å². The molecule has 0 aromatic heterocycles. The number of hydrogen-bond donors (Lipinski definition) is 0. The molecular formula is C3H7OSi. The van der Waals surface area contributed by atoms with Crippen LogP contribution in [0.4, 0.5) is 0 Å². The molecule has 0 aliphatic rings. The summed E-state index contributed by atoms with van der Waals surface area (Å²) in [5.41, 5.74) is 0.